The van der Waals surface area contributed by atoms with Gasteiger partial charge in [0, 0.05) is 30.5 Å². The molecule has 6 rings (SSSR count). The summed E-state index contributed by atoms with van der Waals surface area (Å²) in [6.45, 7) is 9.29. The van der Waals surface area contributed by atoms with Crippen molar-refractivity contribution in [3.63, 3.8) is 0 Å². The highest BCUT2D eigenvalue weighted by atomic mass is 32.2. The van der Waals surface area contributed by atoms with Crippen LogP contribution in [0.15, 0.2) is 35.5 Å². The summed E-state index contributed by atoms with van der Waals surface area (Å²) in [5.74, 6) is 1.52. The predicted octanol–water partition coefficient (Wildman–Crippen LogP) is 7.45. The summed E-state index contributed by atoms with van der Waals surface area (Å²) in [4.78, 5) is 21.8. The third kappa shape index (κ3) is 6.55. The number of carbonyl (C=O) groups excluding carboxylic acids is 1. The standard InChI is InChI=1S/C32H42F3N7O2S/c1-5-7-23-9-6-8-22-18-30(3,4)40(19-22)28-24(29(43)39-45-25-20-42(23)37-21(25)2)10-11-26(36-28)41-16-12-27(38-41)44-17-15-31(13-14-31)32(33,34)35/h10-12,16,20,22-23H,5-9,13-15,17-19H2,1-4H3,(H,39,43). The summed E-state index contributed by atoms with van der Waals surface area (Å²) in [7, 11) is 0. The van der Waals surface area contributed by atoms with Gasteiger partial charge in [0.05, 0.1) is 34.2 Å². The maximum absolute atomic E-state index is 13.7. The Morgan fingerprint density at radius 3 is 2.69 bits per heavy atom. The minimum absolute atomic E-state index is 0.0626. The van der Waals surface area contributed by atoms with E-state index in [9.17, 15) is 18.0 Å². The second-order valence-corrected chi connectivity index (χ2v) is 14.3. The zero-order chi connectivity index (χ0) is 32.0. The number of pyridine rings is 1. The maximum Gasteiger partial charge on any atom is 0.394 e. The third-order valence-corrected chi connectivity index (χ3v) is 10.6. The highest BCUT2D eigenvalue weighted by Crippen LogP contribution is 2.59. The number of nitrogens with one attached hydrogen (secondary N) is 1. The molecule has 13 heteroatoms. The van der Waals surface area contributed by atoms with E-state index in [0.29, 0.717) is 29.2 Å². The van der Waals surface area contributed by atoms with Gasteiger partial charge in [0.15, 0.2) is 5.82 Å². The van der Waals surface area contributed by atoms with Gasteiger partial charge in [-0.25, -0.2) is 9.67 Å². The molecule has 45 heavy (non-hydrogen) atoms. The number of alkyl halides is 3. The van der Waals surface area contributed by atoms with E-state index in [1.54, 1.807) is 29.1 Å². The lowest BCUT2D eigenvalue weighted by atomic mass is 9.91. The molecule has 1 amide bonds. The summed E-state index contributed by atoms with van der Waals surface area (Å²) >= 11 is 1.27. The van der Waals surface area contributed by atoms with Crippen molar-refractivity contribution in [2.45, 2.75) is 108 Å². The number of aryl methyl sites for hydroxylation is 1. The van der Waals surface area contributed by atoms with E-state index in [4.69, 9.17) is 14.8 Å². The average Bonchev–Trinajstić information content (AvgIpc) is 3.32. The Labute approximate surface area is 266 Å². The molecule has 1 saturated carbocycles. The Morgan fingerprint density at radius 2 is 1.96 bits per heavy atom. The molecule has 0 radical (unpaired) electrons. The molecule has 3 aromatic heterocycles. The molecule has 3 aliphatic rings. The first kappa shape index (κ1) is 31.7. The molecular weight excluding hydrogens is 603 g/mol. The minimum atomic E-state index is -4.21. The molecule has 1 aliphatic carbocycles. The molecular formula is C32H42F3N7O2S. The fraction of sp³-hybridized carbons (Fsp3) is 0.625. The second-order valence-electron chi connectivity index (χ2n) is 13.5. The maximum atomic E-state index is 13.7. The molecule has 3 aromatic rings. The highest BCUT2D eigenvalue weighted by molar-refractivity contribution is 7.98. The van der Waals surface area contributed by atoms with Crippen molar-refractivity contribution >= 4 is 23.7 Å². The van der Waals surface area contributed by atoms with Crippen LogP contribution in [0.4, 0.5) is 19.0 Å². The van der Waals surface area contributed by atoms with Gasteiger partial charge in [0.2, 0.25) is 5.88 Å². The molecule has 0 aromatic carbocycles. The molecule has 2 aliphatic heterocycles. The van der Waals surface area contributed by atoms with E-state index in [1.807, 2.05) is 13.1 Å². The highest BCUT2D eigenvalue weighted by Gasteiger charge is 2.62. The lowest BCUT2D eigenvalue weighted by molar-refractivity contribution is -0.190. The number of amides is 1. The van der Waals surface area contributed by atoms with E-state index in [-0.39, 0.29) is 43.2 Å². The number of carbonyl (C=O) groups is 1. The normalized spacial score (nSPS) is 22.7. The van der Waals surface area contributed by atoms with Crippen molar-refractivity contribution in [3.05, 3.63) is 41.9 Å². The van der Waals surface area contributed by atoms with E-state index >= 15 is 0 Å². The second kappa shape index (κ2) is 12.2. The Kier molecular flexibility index (Phi) is 8.60. The fourth-order valence-corrected chi connectivity index (χ4v) is 7.55. The van der Waals surface area contributed by atoms with Gasteiger partial charge in [-0.05, 0) is 95.7 Å². The number of aromatic nitrogens is 5. The molecule has 2 atom stereocenters. The molecule has 5 heterocycles. The van der Waals surface area contributed by atoms with Crippen molar-refractivity contribution in [1.82, 2.24) is 29.3 Å². The largest absolute Gasteiger partial charge is 0.477 e. The van der Waals surface area contributed by atoms with Crippen LogP contribution in [0.25, 0.3) is 5.82 Å². The van der Waals surface area contributed by atoms with Crippen LogP contribution in [0.2, 0.25) is 0 Å². The Morgan fingerprint density at radius 1 is 1.16 bits per heavy atom. The summed E-state index contributed by atoms with van der Waals surface area (Å²) in [6, 6.07) is 5.46. The Hall–Kier alpha value is -3.22. The Balaban J connectivity index is 1.26. The quantitative estimate of drug-likeness (QED) is 0.267. The van der Waals surface area contributed by atoms with Crippen LogP contribution in [0, 0.1) is 18.3 Å². The number of fused-ring (bicyclic) bond motifs is 6. The predicted molar refractivity (Wildman–Crippen MR) is 167 cm³/mol. The number of hydrogen-bond donors (Lipinski definition) is 1. The van der Waals surface area contributed by atoms with Gasteiger partial charge in [-0.1, -0.05) is 19.8 Å². The first-order valence-electron chi connectivity index (χ1n) is 16.0. The van der Waals surface area contributed by atoms with Crippen LogP contribution >= 0.6 is 11.9 Å². The molecule has 4 bridgehead atoms. The van der Waals surface area contributed by atoms with Gasteiger partial charge in [0.1, 0.15) is 5.82 Å². The Bertz CT molecular complexity index is 1530. The van der Waals surface area contributed by atoms with E-state index < -0.39 is 11.6 Å². The smallest absolute Gasteiger partial charge is 0.394 e. The number of rotatable bonds is 7. The summed E-state index contributed by atoms with van der Waals surface area (Å²) in [5.41, 5.74) is -0.489. The van der Waals surface area contributed by atoms with Gasteiger partial charge in [0.25, 0.3) is 5.91 Å². The first-order valence-corrected chi connectivity index (χ1v) is 16.8. The van der Waals surface area contributed by atoms with Crippen LogP contribution in [0.3, 0.4) is 0 Å². The van der Waals surface area contributed by atoms with Crippen molar-refractivity contribution in [2.75, 3.05) is 18.1 Å². The fourth-order valence-electron chi connectivity index (χ4n) is 6.88. The summed E-state index contributed by atoms with van der Waals surface area (Å²) < 4.78 is 52.2. The van der Waals surface area contributed by atoms with Crippen LogP contribution in [0.1, 0.15) is 101 Å². The number of hydrogen-bond acceptors (Lipinski definition) is 7. The van der Waals surface area contributed by atoms with Crippen LogP contribution in [0.5, 0.6) is 5.88 Å². The van der Waals surface area contributed by atoms with Gasteiger partial charge < -0.3 is 9.64 Å². The molecule has 9 nitrogen and oxygen atoms in total. The monoisotopic (exact) mass is 645 g/mol. The zero-order valence-corrected chi connectivity index (χ0v) is 27.2. The van der Waals surface area contributed by atoms with E-state index in [1.165, 1.54) is 11.9 Å². The molecule has 2 unspecified atom stereocenters. The van der Waals surface area contributed by atoms with Gasteiger partial charge in [-0.2, -0.15) is 18.3 Å². The molecule has 2 fully saturated rings. The minimum Gasteiger partial charge on any atom is -0.477 e. The van der Waals surface area contributed by atoms with Gasteiger partial charge in [-0.15, -0.1) is 5.10 Å². The zero-order valence-electron chi connectivity index (χ0n) is 26.4. The number of nitrogens with zero attached hydrogens (tertiary/aromatic N) is 6. The average molecular weight is 646 g/mol. The van der Waals surface area contributed by atoms with E-state index in [2.05, 4.69) is 40.2 Å². The van der Waals surface area contributed by atoms with Crippen LogP contribution in [-0.4, -0.2) is 55.3 Å². The van der Waals surface area contributed by atoms with Gasteiger partial charge >= 0.3 is 6.18 Å². The summed E-state index contributed by atoms with van der Waals surface area (Å²) in [5, 5.41) is 9.25. The van der Waals surface area contributed by atoms with E-state index in [0.717, 1.165) is 55.7 Å². The summed E-state index contributed by atoms with van der Waals surface area (Å²) in [6.07, 6.45) is 6.09. The van der Waals surface area contributed by atoms with Crippen molar-refractivity contribution in [1.29, 1.82) is 0 Å². The molecule has 1 saturated heterocycles. The van der Waals surface area contributed by atoms with Crippen molar-refractivity contribution in [2.24, 2.45) is 11.3 Å². The molecule has 0 spiro atoms. The topological polar surface area (TPSA) is 90.1 Å². The number of anilines is 1. The lowest BCUT2D eigenvalue weighted by Gasteiger charge is -2.34. The lowest BCUT2D eigenvalue weighted by Crippen LogP contribution is -2.40. The molecule has 1 N–H and O–H groups in total. The molecule has 244 valence electrons. The van der Waals surface area contributed by atoms with Crippen molar-refractivity contribution < 1.29 is 22.7 Å². The first-order chi connectivity index (χ1) is 21.4. The SMILES string of the molecule is CCCC1CCCC2CN(c3nc(-n4ccc(OCCC5(C(F)(F)F)CC5)n4)ccc3C(=O)NSc3cn1nc3C)C(C)(C)C2. The number of halogens is 3. The van der Waals surface area contributed by atoms with Gasteiger partial charge in [-0.3, -0.25) is 14.2 Å². The van der Waals surface area contributed by atoms with Crippen LogP contribution < -0.4 is 14.4 Å². The third-order valence-electron chi connectivity index (χ3n) is 9.68. The van der Waals surface area contributed by atoms with Crippen molar-refractivity contribution in [3.8, 4) is 11.7 Å². The van der Waals surface area contributed by atoms with Crippen LogP contribution in [-0.2, 0) is 0 Å². The number of ether oxygens (including phenoxy) is 1.